The highest BCUT2D eigenvalue weighted by Gasteiger charge is 2.18. The van der Waals surface area contributed by atoms with Crippen molar-refractivity contribution in [3.63, 3.8) is 0 Å². The molecule has 0 unspecified atom stereocenters. The van der Waals surface area contributed by atoms with Gasteiger partial charge >= 0.3 is 0 Å². The van der Waals surface area contributed by atoms with E-state index in [9.17, 15) is 15.3 Å². The molecule has 0 spiro atoms. The molecule has 0 aliphatic carbocycles. The van der Waals surface area contributed by atoms with E-state index in [4.69, 9.17) is 5.73 Å². The molecule has 2 aromatic rings. The Kier molecular flexibility index (Phi) is 5.08. The molecule has 1 aliphatic heterocycles. The maximum Gasteiger partial charge on any atom is 0.268 e. The van der Waals surface area contributed by atoms with Crippen molar-refractivity contribution in [1.82, 2.24) is 9.88 Å². The van der Waals surface area contributed by atoms with Crippen LogP contribution in [-0.2, 0) is 6.54 Å². The Labute approximate surface area is 149 Å². The van der Waals surface area contributed by atoms with E-state index in [2.05, 4.69) is 9.88 Å². The van der Waals surface area contributed by atoms with Crippen LogP contribution in [0, 0.1) is 22.7 Å². The minimum absolute atomic E-state index is 0.0139. The highest BCUT2D eigenvalue weighted by Crippen LogP contribution is 2.29. The molecule has 1 saturated heterocycles. The van der Waals surface area contributed by atoms with E-state index in [0.29, 0.717) is 11.1 Å². The third-order valence-electron chi connectivity index (χ3n) is 4.19. The van der Waals surface area contributed by atoms with Crippen LogP contribution >= 0.6 is 11.8 Å². The summed E-state index contributed by atoms with van der Waals surface area (Å²) < 4.78 is 0. The van der Waals surface area contributed by atoms with Gasteiger partial charge < -0.3 is 10.7 Å². The summed E-state index contributed by atoms with van der Waals surface area (Å²) in [5.41, 5.74) is 7.30. The molecule has 2 heterocycles. The second kappa shape index (κ2) is 7.43. The van der Waals surface area contributed by atoms with Gasteiger partial charge in [-0.1, -0.05) is 18.2 Å². The first-order valence-corrected chi connectivity index (χ1v) is 9.05. The number of pyridine rings is 1. The van der Waals surface area contributed by atoms with Gasteiger partial charge in [-0.3, -0.25) is 9.69 Å². The molecule has 25 heavy (non-hydrogen) atoms. The minimum atomic E-state index is -0.576. The number of nitriles is 2. The summed E-state index contributed by atoms with van der Waals surface area (Å²) in [7, 11) is 0. The van der Waals surface area contributed by atoms with Gasteiger partial charge in [0.15, 0.2) is 0 Å². The predicted molar refractivity (Wildman–Crippen MR) is 98.9 cm³/mol. The highest BCUT2D eigenvalue weighted by atomic mass is 32.2. The fraction of sp³-hybridized carbons (Fsp3) is 0.278. The molecule has 0 saturated carbocycles. The van der Waals surface area contributed by atoms with E-state index in [0.717, 1.165) is 36.7 Å². The van der Waals surface area contributed by atoms with Crippen molar-refractivity contribution >= 4 is 17.6 Å². The smallest absolute Gasteiger partial charge is 0.268 e. The Balaban J connectivity index is 2.06. The number of thioether (sulfide) groups is 1. The first-order valence-electron chi connectivity index (χ1n) is 7.89. The van der Waals surface area contributed by atoms with Crippen LogP contribution in [0.25, 0.3) is 11.1 Å². The number of nitrogens with one attached hydrogen (secondary N) is 1. The minimum Gasteiger partial charge on any atom is -0.384 e. The summed E-state index contributed by atoms with van der Waals surface area (Å²) in [4.78, 5) is 16.8. The van der Waals surface area contributed by atoms with Crippen LogP contribution in [0.5, 0.6) is 0 Å². The van der Waals surface area contributed by atoms with E-state index in [1.807, 2.05) is 42.1 Å². The van der Waals surface area contributed by atoms with Crippen LogP contribution in [0.15, 0.2) is 29.1 Å². The number of nitrogen functional groups attached to an aromatic ring is 1. The van der Waals surface area contributed by atoms with Crippen molar-refractivity contribution in [2.24, 2.45) is 0 Å². The van der Waals surface area contributed by atoms with Gasteiger partial charge in [0.25, 0.3) is 5.56 Å². The largest absolute Gasteiger partial charge is 0.384 e. The lowest BCUT2D eigenvalue weighted by Gasteiger charge is -2.26. The normalized spacial score (nSPS) is 14.6. The van der Waals surface area contributed by atoms with Gasteiger partial charge in [0.1, 0.15) is 29.1 Å². The lowest BCUT2D eigenvalue weighted by molar-refractivity contribution is 0.294. The fourth-order valence-electron chi connectivity index (χ4n) is 2.97. The van der Waals surface area contributed by atoms with Crippen LogP contribution in [0.4, 0.5) is 5.82 Å². The van der Waals surface area contributed by atoms with Crippen molar-refractivity contribution in [3.8, 4) is 23.3 Å². The molecular formula is C18H17N5OS. The van der Waals surface area contributed by atoms with E-state index < -0.39 is 5.56 Å². The number of anilines is 1. The van der Waals surface area contributed by atoms with E-state index in [1.54, 1.807) is 6.07 Å². The van der Waals surface area contributed by atoms with E-state index >= 15 is 0 Å². The van der Waals surface area contributed by atoms with Crippen LogP contribution in [0.3, 0.4) is 0 Å². The molecule has 126 valence electrons. The van der Waals surface area contributed by atoms with Crippen LogP contribution in [0.1, 0.15) is 16.7 Å². The number of hydrogen-bond donors (Lipinski definition) is 2. The first kappa shape index (κ1) is 17.1. The molecule has 1 aromatic carbocycles. The zero-order valence-electron chi connectivity index (χ0n) is 13.6. The Morgan fingerprint density at radius 2 is 1.92 bits per heavy atom. The van der Waals surface area contributed by atoms with Gasteiger partial charge in [0.2, 0.25) is 0 Å². The fourth-order valence-corrected chi connectivity index (χ4v) is 3.95. The average molecular weight is 351 g/mol. The molecule has 6 nitrogen and oxygen atoms in total. The van der Waals surface area contributed by atoms with E-state index in [-0.39, 0.29) is 16.9 Å². The number of benzene rings is 1. The standard InChI is InChI=1S/C18H17N5OS/c19-9-14-16(15(10-20)18(24)22-17(14)21)13-3-1-2-12(8-13)11-23-4-6-25-7-5-23/h1-3,8H,4-7,11H2,(H3,21,22,24). The van der Waals surface area contributed by atoms with Gasteiger partial charge in [0.05, 0.1) is 0 Å². The molecule has 7 heteroatoms. The number of aromatic nitrogens is 1. The van der Waals surface area contributed by atoms with Crippen LogP contribution < -0.4 is 11.3 Å². The Morgan fingerprint density at radius 1 is 1.20 bits per heavy atom. The number of nitrogens with zero attached hydrogens (tertiary/aromatic N) is 3. The number of hydrogen-bond acceptors (Lipinski definition) is 6. The maximum atomic E-state index is 12.1. The number of rotatable bonds is 3. The monoisotopic (exact) mass is 351 g/mol. The van der Waals surface area contributed by atoms with Crippen molar-refractivity contribution in [1.29, 1.82) is 10.5 Å². The number of nitrogens with two attached hydrogens (primary N) is 1. The Morgan fingerprint density at radius 3 is 2.60 bits per heavy atom. The van der Waals surface area contributed by atoms with Gasteiger partial charge in [-0.25, -0.2) is 0 Å². The predicted octanol–water partition coefficient (Wildman–Crippen LogP) is 1.92. The molecular weight excluding hydrogens is 334 g/mol. The topological polar surface area (TPSA) is 110 Å². The second-order valence-corrected chi connectivity index (χ2v) is 7.03. The van der Waals surface area contributed by atoms with Gasteiger partial charge in [-0.15, -0.1) is 0 Å². The summed E-state index contributed by atoms with van der Waals surface area (Å²) in [6.07, 6.45) is 0. The second-order valence-electron chi connectivity index (χ2n) is 5.81. The van der Waals surface area contributed by atoms with Gasteiger partial charge in [-0.05, 0) is 17.2 Å². The quantitative estimate of drug-likeness (QED) is 0.874. The highest BCUT2D eigenvalue weighted by molar-refractivity contribution is 7.99. The Hall–Kier alpha value is -2.74. The van der Waals surface area contributed by atoms with Gasteiger partial charge in [0, 0.05) is 36.7 Å². The maximum absolute atomic E-state index is 12.1. The van der Waals surface area contributed by atoms with Crippen molar-refractivity contribution < 1.29 is 0 Å². The van der Waals surface area contributed by atoms with Crippen LogP contribution in [0.2, 0.25) is 0 Å². The molecule has 1 fully saturated rings. The molecule has 0 radical (unpaired) electrons. The number of H-pyrrole nitrogens is 1. The van der Waals surface area contributed by atoms with Crippen molar-refractivity contribution in [2.75, 3.05) is 30.3 Å². The molecule has 1 aromatic heterocycles. The summed E-state index contributed by atoms with van der Waals surface area (Å²) in [5, 5.41) is 18.8. The van der Waals surface area contributed by atoms with E-state index in [1.165, 1.54) is 0 Å². The van der Waals surface area contributed by atoms with Crippen molar-refractivity contribution in [2.45, 2.75) is 6.54 Å². The SMILES string of the molecule is N#Cc1c(N)[nH]c(=O)c(C#N)c1-c1cccc(CN2CCSCC2)c1. The average Bonchev–Trinajstić information content (AvgIpc) is 2.62. The lowest BCUT2D eigenvalue weighted by Crippen LogP contribution is -2.31. The summed E-state index contributed by atoms with van der Waals surface area (Å²) in [6, 6.07) is 11.5. The molecule has 3 rings (SSSR count). The zero-order valence-corrected chi connectivity index (χ0v) is 14.4. The summed E-state index contributed by atoms with van der Waals surface area (Å²) >= 11 is 1.96. The molecule has 3 N–H and O–H groups in total. The van der Waals surface area contributed by atoms with Crippen LogP contribution in [-0.4, -0.2) is 34.5 Å². The van der Waals surface area contributed by atoms with Crippen molar-refractivity contribution in [3.05, 3.63) is 51.3 Å². The zero-order chi connectivity index (χ0) is 17.8. The molecule has 0 amide bonds. The summed E-state index contributed by atoms with van der Waals surface area (Å²) in [6.45, 7) is 2.89. The summed E-state index contributed by atoms with van der Waals surface area (Å²) in [5.74, 6) is 2.24. The number of aromatic amines is 1. The third kappa shape index (κ3) is 3.53. The Bertz CT molecular complexity index is 932. The van der Waals surface area contributed by atoms with Gasteiger partial charge in [-0.2, -0.15) is 22.3 Å². The molecule has 1 aliphatic rings. The molecule has 0 bridgehead atoms. The first-order chi connectivity index (χ1) is 12.1. The molecule has 0 atom stereocenters. The lowest BCUT2D eigenvalue weighted by atomic mass is 9.95. The third-order valence-corrected chi connectivity index (χ3v) is 5.14.